The molecular weight excluding hydrogens is 170 g/mol. The molecule has 0 rings (SSSR count). The van der Waals surface area contributed by atoms with Gasteiger partial charge >= 0.3 is 5.97 Å². The molecule has 0 aromatic heterocycles. The van der Waals surface area contributed by atoms with Crippen molar-refractivity contribution < 1.29 is 14.3 Å². The van der Waals surface area contributed by atoms with Crippen molar-refractivity contribution in [2.24, 2.45) is 4.99 Å². The number of isocyanates is 1. The second kappa shape index (κ2) is 7.25. The van der Waals surface area contributed by atoms with Gasteiger partial charge in [-0.1, -0.05) is 13.0 Å². The standard InChI is InChI=1S/C9H13NO3/c1-3-4-8(2)9(12)13-6-5-10-7-11/h4H,3,5-6H2,1-2H3. The molecule has 13 heavy (non-hydrogen) atoms. The van der Waals surface area contributed by atoms with Crippen molar-refractivity contribution >= 4 is 12.0 Å². The van der Waals surface area contributed by atoms with Crippen LogP contribution in [0.5, 0.6) is 0 Å². The second-order valence-corrected chi connectivity index (χ2v) is 2.40. The molecule has 0 bridgehead atoms. The molecule has 0 saturated carbocycles. The maximum atomic E-state index is 11.1. The molecule has 0 fully saturated rings. The summed E-state index contributed by atoms with van der Waals surface area (Å²) < 4.78 is 4.78. The summed E-state index contributed by atoms with van der Waals surface area (Å²) in [6, 6.07) is 0. The number of hydrogen-bond acceptors (Lipinski definition) is 4. The van der Waals surface area contributed by atoms with Crippen molar-refractivity contribution in [1.29, 1.82) is 0 Å². The average molecular weight is 183 g/mol. The molecule has 0 unspecified atom stereocenters. The smallest absolute Gasteiger partial charge is 0.333 e. The van der Waals surface area contributed by atoms with Crippen molar-refractivity contribution in [3.63, 3.8) is 0 Å². The fraction of sp³-hybridized carbons (Fsp3) is 0.556. The Morgan fingerprint density at radius 2 is 2.31 bits per heavy atom. The highest BCUT2D eigenvalue weighted by molar-refractivity contribution is 5.87. The minimum atomic E-state index is -0.358. The maximum absolute atomic E-state index is 11.1. The van der Waals surface area contributed by atoms with E-state index in [4.69, 9.17) is 4.74 Å². The van der Waals surface area contributed by atoms with Crippen LogP contribution in [0.4, 0.5) is 0 Å². The summed E-state index contributed by atoms with van der Waals surface area (Å²) >= 11 is 0. The number of aliphatic imine (C=N–C) groups is 1. The molecule has 0 aliphatic heterocycles. The number of rotatable bonds is 5. The van der Waals surface area contributed by atoms with Gasteiger partial charge in [0.2, 0.25) is 6.08 Å². The quantitative estimate of drug-likeness (QED) is 0.212. The number of nitrogens with zero attached hydrogens (tertiary/aromatic N) is 1. The highest BCUT2D eigenvalue weighted by Crippen LogP contribution is 1.97. The fourth-order valence-electron chi connectivity index (χ4n) is 0.733. The van der Waals surface area contributed by atoms with Crippen LogP contribution >= 0.6 is 0 Å². The van der Waals surface area contributed by atoms with E-state index in [1.807, 2.05) is 6.92 Å². The molecule has 0 aliphatic rings. The molecule has 0 radical (unpaired) electrons. The zero-order valence-electron chi connectivity index (χ0n) is 7.87. The molecule has 0 atom stereocenters. The van der Waals surface area contributed by atoms with Crippen LogP contribution in [0.15, 0.2) is 16.6 Å². The van der Waals surface area contributed by atoms with Gasteiger partial charge in [-0.2, -0.15) is 0 Å². The van der Waals surface area contributed by atoms with Gasteiger partial charge in [-0.3, -0.25) is 0 Å². The van der Waals surface area contributed by atoms with Gasteiger partial charge in [0.25, 0.3) is 0 Å². The summed E-state index contributed by atoms with van der Waals surface area (Å²) in [5.74, 6) is -0.358. The van der Waals surface area contributed by atoms with E-state index < -0.39 is 0 Å². The normalized spacial score (nSPS) is 10.5. The van der Waals surface area contributed by atoms with E-state index in [-0.39, 0.29) is 19.1 Å². The van der Waals surface area contributed by atoms with Crippen LogP contribution in [0, 0.1) is 0 Å². The lowest BCUT2D eigenvalue weighted by Gasteiger charge is -2.01. The molecule has 0 saturated heterocycles. The van der Waals surface area contributed by atoms with Crippen LogP contribution in [0.2, 0.25) is 0 Å². The first-order valence-corrected chi connectivity index (χ1v) is 4.09. The van der Waals surface area contributed by atoms with Gasteiger partial charge in [0, 0.05) is 5.57 Å². The van der Waals surface area contributed by atoms with E-state index in [0.29, 0.717) is 5.57 Å². The Labute approximate surface area is 77.3 Å². The first-order valence-electron chi connectivity index (χ1n) is 4.09. The average Bonchev–Trinajstić information content (AvgIpc) is 2.12. The summed E-state index contributed by atoms with van der Waals surface area (Å²) in [5.41, 5.74) is 0.581. The van der Waals surface area contributed by atoms with Crippen molar-refractivity contribution in [1.82, 2.24) is 0 Å². The predicted octanol–water partition coefficient (Wildman–Crippen LogP) is 1.22. The zero-order chi connectivity index (χ0) is 10.1. The molecule has 0 aromatic rings. The molecular formula is C9H13NO3. The Balaban J connectivity index is 3.74. The van der Waals surface area contributed by atoms with Gasteiger partial charge in [-0.05, 0) is 13.3 Å². The summed E-state index contributed by atoms with van der Waals surface area (Å²) in [6.45, 7) is 3.93. The fourth-order valence-corrected chi connectivity index (χ4v) is 0.733. The Hall–Kier alpha value is -1.41. The highest BCUT2D eigenvalue weighted by atomic mass is 16.5. The van der Waals surface area contributed by atoms with Gasteiger partial charge in [-0.15, -0.1) is 0 Å². The lowest BCUT2D eigenvalue weighted by atomic mass is 10.2. The molecule has 0 aromatic carbocycles. The molecule has 0 aliphatic carbocycles. The second-order valence-electron chi connectivity index (χ2n) is 2.40. The van der Waals surface area contributed by atoms with Gasteiger partial charge in [-0.25, -0.2) is 14.6 Å². The molecule has 0 N–H and O–H groups in total. The first kappa shape index (κ1) is 11.6. The zero-order valence-corrected chi connectivity index (χ0v) is 7.87. The molecule has 0 amide bonds. The van der Waals surface area contributed by atoms with Crippen LogP contribution in [-0.2, 0) is 14.3 Å². The molecule has 0 heterocycles. The van der Waals surface area contributed by atoms with Crippen molar-refractivity contribution in [2.45, 2.75) is 20.3 Å². The third kappa shape index (κ3) is 5.82. The van der Waals surface area contributed by atoms with E-state index in [0.717, 1.165) is 6.42 Å². The molecule has 4 heteroatoms. The lowest BCUT2D eigenvalue weighted by molar-refractivity contribution is -0.138. The molecule has 4 nitrogen and oxygen atoms in total. The monoisotopic (exact) mass is 183 g/mol. The number of esters is 1. The summed E-state index contributed by atoms with van der Waals surface area (Å²) in [7, 11) is 0. The Kier molecular flexibility index (Phi) is 6.46. The number of hydrogen-bond donors (Lipinski definition) is 0. The first-order chi connectivity index (χ1) is 6.22. The third-order valence-electron chi connectivity index (χ3n) is 1.33. The number of carbonyl (C=O) groups is 1. The SMILES string of the molecule is CCC=C(C)C(=O)OCCN=C=O. The minimum absolute atomic E-state index is 0.128. The van der Waals surface area contributed by atoms with Crippen LogP contribution in [0.3, 0.4) is 0 Å². The maximum Gasteiger partial charge on any atom is 0.333 e. The third-order valence-corrected chi connectivity index (χ3v) is 1.33. The summed E-state index contributed by atoms with van der Waals surface area (Å²) in [4.78, 5) is 24.0. The van der Waals surface area contributed by atoms with Gasteiger partial charge < -0.3 is 4.74 Å². The van der Waals surface area contributed by atoms with E-state index in [9.17, 15) is 9.59 Å². The Morgan fingerprint density at radius 1 is 1.62 bits per heavy atom. The molecule has 72 valence electrons. The van der Waals surface area contributed by atoms with Crippen LogP contribution in [0.1, 0.15) is 20.3 Å². The minimum Gasteiger partial charge on any atom is -0.460 e. The lowest BCUT2D eigenvalue weighted by Crippen LogP contribution is -2.08. The van der Waals surface area contributed by atoms with Crippen LogP contribution in [0.25, 0.3) is 0 Å². The van der Waals surface area contributed by atoms with E-state index >= 15 is 0 Å². The largest absolute Gasteiger partial charge is 0.460 e. The molecule has 0 spiro atoms. The van der Waals surface area contributed by atoms with Gasteiger partial charge in [0.05, 0.1) is 6.54 Å². The number of carbonyl (C=O) groups excluding carboxylic acids is 2. The summed E-state index contributed by atoms with van der Waals surface area (Å²) in [5, 5.41) is 0. The number of ether oxygens (including phenoxy) is 1. The van der Waals surface area contributed by atoms with Crippen LogP contribution < -0.4 is 0 Å². The Bertz CT molecular complexity index is 239. The number of allylic oxidation sites excluding steroid dienone is 1. The Morgan fingerprint density at radius 3 is 2.85 bits per heavy atom. The van der Waals surface area contributed by atoms with E-state index in [1.54, 1.807) is 13.0 Å². The van der Waals surface area contributed by atoms with Crippen molar-refractivity contribution in [2.75, 3.05) is 13.2 Å². The van der Waals surface area contributed by atoms with E-state index in [2.05, 4.69) is 4.99 Å². The highest BCUT2D eigenvalue weighted by Gasteiger charge is 2.03. The summed E-state index contributed by atoms with van der Waals surface area (Å²) in [6.07, 6.45) is 3.95. The van der Waals surface area contributed by atoms with Crippen molar-refractivity contribution in [3.05, 3.63) is 11.6 Å². The van der Waals surface area contributed by atoms with Gasteiger partial charge in [0.1, 0.15) is 6.61 Å². The predicted molar refractivity (Wildman–Crippen MR) is 48.0 cm³/mol. The topological polar surface area (TPSA) is 55.7 Å². The van der Waals surface area contributed by atoms with Gasteiger partial charge in [0.15, 0.2) is 0 Å². The van der Waals surface area contributed by atoms with Crippen molar-refractivity contribution in [3.8, 4) is 0 Å². The van der Waals surface area contributed by atoms with E-state index in [1.165, 1.54) is 6.08 Å². The van der Waals surface area contributed by atoms with Crippen LogP contribution in [-0.4, -0.2) is 25.2 Å².